The summed E-state index contributed by atoms with van der Waals surface area (Å²) in [4.78, 5) is 30.4. The summed E-state index contributed by atoms with van der Waals surface area (Å²) in [5.74, 6) is -4.46. The van der Waals surface area contributed by atoms with Crippen LogP contribution in [0.25, 0.3) is 0 Å². The number of aliphatic carboxylic acids is 2. The van der Waals surface area contributed by atoms with E-state index in [1.165, 1.54) is 0 Å². The van der Waals surface area contributed by atoms with Gasteiger partial charge in [0.05, 0.1) is 17.4 Å². The minimum absolute atomic E-state index is 0.207. The SMILES string of the molecule is O=CC1CC1(C(=O)[O-])C(=O)[O-]. The van der Waals surface area contributed by atoms with E-state index in [9.17, 15) is 24.6 Å². The third-order valence-electron chi connectivity index (χ3n) is 1.91. The molecule has 0 N–H and O–H groups in total. The zero-order valence-electron chi connectivity index (χ0n) is 5.40. The number of rotatable bonds is 3. The van der Waals surface area contributed by atoms with Gasteiger partial charge < -0.3 is 24.6 Å². The van der Waals surface area contributed by atoms with Gasteiger partial charge in [-0.1, -0.05) is 0 Å². The zero-order valence-corrected chi connectivity index (χ0v) is 5.40. The van der Waals surface area contributed by atoms with Gasteiger partial charge in [0.1, 0.15) is 6.29 Å². The first-order chi connectivity index (χ1) is 5.05. The summed E-state index contributed by atoms with van der Waals surface area (Å²) in [5, 5.41) is 20.4. The van der Waals surface area contributed by atoms with E-state index in [1.54, 1.807) is 0 Å². The first-order valence-electron chi connectivity index (χ1n) is 2.94. The molecule has 5 nitrogen and oxygen atoms in total. The molecule has 1 saturated carbocycles. The molecule has 0 aromatic carbocycles. The highest BCUT2D eigenvalue weighted by Gasteiger charge is 2.57. The lowest BCUT2D eigenvalue weighted by Gasteiger charge is -2.17. The van der Waals surface area contributed by atoms with Gasteiger partial charge in [-0.25, -0.2) is 0 Å². The maximum atomic E-state index is 10.2. The van der Waals surface area contributed by atoms with Gasteiger partial charge in [0.25, 0.3) is 0 Å². The standard InChI is InChI=1S/C6H6O5/c7-2-3-1-6(3,4(8)9)5(10)11/h2-3H,1H2,(H,8,9)(H,10,11)/p-2. The molecule has 0 radical (unpaired) electrons. The van der Waals surface area contributed by atoms with E-state index in [0.717, 1.165) is 0 Å². The molecule has 5 heteroatoms. The van der Waals surface area contributed by atoms with Crippen molar-refractivity contribution < 1.29 is 24.6 Å². The topological polar surface area (TPSA) is 97.3 Å². The summed E-state index contributed by atoms with van der Waals surface area (Å²) in [5.41, 5.74) is -2.04. The van der Waals surface area contributed by atoms with Crippen LogP contribution in [0, 0.1) is 11.3 Å². The molecular formula is C6H4O5-2. The van der Waals surface area contributed by atoms with Gasteiger partial charge in [0, 0.05) is 5.92 Å². The second-order valence-corrected chi connectivity index (χ2v) is 2.49. The summed E-state index contributed by atoms with van der Waals surface area (Å²) in [6.45, 7) is 0. The van der Waals surface area contributed by atoms with Crippen LogP contribution < -0.4 is 10.2 Å². The molecule has 0 aromatic heterocycles. The van der Waals surface area contributed by atoms with Gasteiger partial charge in [-0.3, -0.25) is 0 Å². The van der Waals surface area contributed by atoms with E-state index < -0.39 is 23.3 Å². The van der Waals surface area contributed by atoms with Crippen molar-refractivity contribution in [3.63, 3.8) is 0 Å². The Morgan fingerprint density at radius 3 is 1.91 bits per heavy atom. The summed E-state index contributed by atoms with van der Waals surface area (Å²) in [6.07, 6.45) is 0.0900. The molecule has 0 heterocycles. The van der Waals surface area contributed by atoms with E-state index in [1.807, 2.05) is 0 Å². The largest absolute Gasteiger partial charge is 0.549 e. The minimum Gasteiger partial charge on any atom is -0.549 e. The highest BCUT2D eigenvalue weighted by molar-refractivity contribution is 6.03. The Morgan fingerprint density at radius 2 is 1.82 bits per heavy atom. The van der Waals surface area contributed by atoms with Crippen molar-refractivity contribution in [2.45, 2.75) is 6.42 Å². The van der Waals surface area contributed by atoms with Crippen molar-refractivity contribution in [2.75, 3.05) is 0 Å². The first-order valence-corrected chi connectivity index (χ1v) is 2.94. The fourth-order valence-electron chi connectivity index (χ4n) is 1.00. The van der Waals surface area contributed by atoms with E-state index >= 15 is 0 Å². The average Bonchev–Trinajstić information content (AvgIpc) is 2.61. The Kier molecular flexibility index (Phi) is 1.44. The quantitative estimate of drug-likeness (QED) is 0.315. The predicted molar refractivity (Wildman–Crippen MR) is 26.6 cm³/mol. The summed E-state index contributed by atoms with van der Waals surface area (Å²) in [7, 11) is 0. The monoisotopic (exact) mass is 156 g/mol. The molecule has 11 heavy (non-hydrogen) atoms. The molecule has 1 fully saturated rings. The zero-order chi connectivity index (χ0) is 8.65. The molecular weight excluding hydrogens is 152 g/mol. The van der Waals surface area contributed by atoms with Crippen LogP contribution in [0.1, 0.15) is 6.42 Å². The smallest absolute Gasteiger partial charge is 0.124 e. The number of hydrogen-bond donors (Lipinski definition) is 0. The van der Waals surface area contributed by atoms with Crippen LogP contribution in [0.3, 0.4) is 0 Å². The van der Waals surface area contributed by atoms with Gasteiger partial charge in [0.15, 0.2) is 0 Å². The molecule has 0 aromatic rings. The van der Waals surface area contributed by atoms with Crippen molar-refractivity contribution >= 4 is 18.2 Å². The van der Waals surface area contributed by atoms with Crippen LogP contribution >= 0.6 is 0 Å². The molecule has 0 aliphatic heterocycles. The summed E-state index contributed by atoms with van der Waals surface area (Å²) < 4.78 is 0. The highest BCUT2D eigenvalue weighted by Crippen LogP contribution is 2.50. The van der Waals surface area contributed by atoms with Crippen LogP contribution in [0.5, 0.6) is 0 Å². The number of carboxylic acids is 2. The lowest BCUT2D eigenvalue weighted by molar-refractivity contribution is -0.335. The number of carboxylic acid groups (broad SMARTS) is 2. The highest BCUT2D eigenvalue weighted by atomic mass is 16.4. The van der Waals surface area contributed by atoms with Crippen LogP contribution in [0.15, 0.2) is 0 Å². The van der Waals surface area contributed by atoms with Crippen molar-refractivity contribution in [1.82, 2.24) is 0 Å². The first kappa shape index (κ1) is 7.71. The molecule has 0 amide bonds. The normalized spacial score (nSPS) is 25.6. The van der Waals surface area contributed by atoms with E-state index in [0.29, 0.717) is 6.29 Å². The van der Waals surface area contributed by atoms with Crippen molar-refractivity contribution in [3.8, 4) is 0 Å². The molecule has 1 aliphatic rings. The van der Waals surface area contributed by atoms with E-state index in [2.05, 4.69) is 0 Å². The molecule has 1 rings (SSSR count). The lowest BCUT2D eigenvalue weighted by atomic mass is 10.1. The number of hydrogen-bond acceptors (Lipinski definition) is 5. The van der Waals surface area contributed by atoms with Gasteiger partial charge in [-0.15, -0.1) is 0 Å². The maximum absolute atomic E-state index is 10.2. The molecule has 1 aliphatic carbocycles. The summed E-state index contributed by atoms with van der Waals surface area (Å²) in [6, 6.07) is 0. The number of carbonyl (C=O) groups excluding carboxylic acids is 3. The molecule has 0 saturated heterocycles. The van der Waals surface area contributed by atoms with Gasteiger partial charge in [-0.05, 0) is 6.42 Å². The van der Waals surface area contributed by atoms with Gasteiger partial charge in [0.2, 0.25) is 0 Å². The lowest BCUT2D eigenvalue weighted by Crippen LogP contribution is -2.46. The van der Waals surface area contributed by atoms with Crippen molar-refractivity contribution in [2.24, 2.45) is 11.3 Å². The molecule has 1 unspecified atom stereocenters. The molecule has 1 atom stereocenters. The maximum Gasteiger partial charge on any atom is 0.124 e. The van der Waals surface area contributed by atoms with Crippen LogP contribution in [0.4, 0.5) is 0 Å². The third-order valence-corrected chi connectivity index (χ3v) is 1.91. The Morgan fingerprint density at radius 1 is 1.36 bits per heavy atom. The molecule has 0 bridgehead atoms. The second kappa shape index (κ2) is 2.05. The Bertz CT molecular complexity index is 217. The summed E-state index contributed by atoms with van der Waals surface area (Å²) >= 11 is 0. The Balaban J connectivity index is 2.87. The minimum atomic E-state index is -2.04. The van der Waals surface area contributed by atoms with Crippen LogP contribution in [-0.4, -0.2) is 18.2 Å². The van der Waals surface area contributed by atoms with Gasteiger partial charge in [-0.2, -0.15) is 0 Å². The third kappa shape index (κ3) is 0.806. The second-order valence-electron chi connectivity index (χ2n) is 2.49. The molecule has 60 valence electrons. The fraction of sp³-hybridized carbons (Fsp3) is 0.500. The Hall–Kier alpha value is -1.39. The molecule has 0 spiro atoms. The van der Waals surface area contributed by atoms with Crippen LogP contribution in [-0.2, 0) is 14.4 Å². The predicted octanol–water partition coefficient (Wildman–Crippen LogP) is -3.31. The average molecular weight is 156 g/mol. The van der Waals surface area contributed by atoms with Crippen molar-refractivity contribution in [3.05, 3.63) is 0 Å². The number of aldehydes is 1. The number of carbonyl (C=O) groups is 3. The van der Waals surface area contributed by atoms with Gasteiger partial charge >= 0.3 is 0 Å². The van der Waals surface area contributed by atoms with Crippen molar-refractivity contribution in [1.29, 1.82) is 0 Å². The van der Waals surface area contributed by atoms with Crippen LogP contribution in [0.2, 0.25) is 0 Å². The van der Waals surface area contributed by atoms with E-state index in [4.69, 9.17) is 0 Å². The fourth-order valence-corrected chi connectivity index (χ4v) is 1.00. The Labute approximate surface area is 61.6 Å². The van der Waals surface area contributed by atoms with E-state index in [-0.39, 0.29) is 6.42 Å².